The van der Waals surface area contributed by atoms with E-state index in [1.165, 1.54) is 12.1 Å². The first-order chi connectivity index (χ1) is 9.27. The average Bonchev–Trinajstić information content (AvgIpc) is 2.37. The van der Waals surface area contributed by atoms with Gasteiger partial charge in [-0.2, -0.15) is 8.78 Å². The summed E-state index contributed by atoms with van der Waals surface area (Å²) >= 11 is 0. The molecule has 1 unspecified atom stereocenters. The average molecular weight is 307 g/mol. The van der Waals surface area contributed by atoms with Gasteiger partial charge in [0.25, 0.3) is 0 Å². The second-order valence-electron chi connectivity index (χ2n) is 4.98. The largest absolute Gasteiger partial charge is 0.394 e. The third-order valence-corrected chi connectivity index (χ3v) is 4.16. The van der Waals surface area contributed by atoms with Crippen LogP contribution in [0.15, 0.2) is 29.2 Å². The summed E-state index contributed by atoms with van der Waals surface area (Å²) in [6, 6.07) is 4.94. The second kappa shape index (κ2) is 6.99. The van der Waals surface area contributed by atoms with Gasteiger partial charge in [-0.1, -0.05) is 13.8 Å². The van der Waals surface area contributed by atoms with Crippen LogP contribution in [0.5, 0.6) is 0 Å². The van der Waals surface area contributed by atoms with E-state index in [1.807, 2.05) is 13.8 Å². The first-order valence-corrected chi connectivity index (χ1v) is 7.81. The SMILES string of the molecule is CC(C)CC(CO)Nc1ccc(S(=O)(=O)C(F)F)cc1. The zero-order valence-corrected chi connectivity index (χ0v) is 12.2. The number of alkyl halides is 2. The number of rotatable bonds is 7. The molecule has 1 aromatic carbocycles. The van der Waals surface area contributed by atoms with Crippen molar-refractivity contribution in [2.45, 2.75) is 37.0 Å². The van der Waals surface area contributed by atoms with Gasteiger partial charge in [-0.05, 0) is 36.6 Å². The normalized spacial score (nSPS) is 13.8. The van der Waals surface area contributed by atoms with Crippen molar-refractivity contribution in [1.82, 2.24) is 0 Å². The Morgan fingerprint density at radius 2 is 1.75 bits per heavy atom. The van der Waals surface area contributed by atoms with Gasteiger partial charge in [-0.3, -0.25) is 0 Å². The fraction of sp³-hybridized carbons (Fsp3) is 0.538. The van der Waals surface area contributed by atoms with Crippen LogP contribution in [-0.2, 0) is 9.84 Å². The Bertz CT molecular complexity index is 515. The van der Waals surface area contributed by atoms with Crippen LogP contribution in [-0.4, -0.2) is 31.9 Å². The molecule has 0 aromatic heterocycles. The van der Waals surface area contributed by atoms with Crippen molar-refractivity contribution in [1.29, 1.82) is 0 Å². The molecule has 0 spiro atoms. The summed E-state index contributed by atoms with van der Waals surface area (Å²) in [7, 11) is -4.56. The van der Waals surface area contributed by atoms with E-state index in [9.17, 15) is 22.3 Å². The Balaban J connectivity index is 2.81. The molecule has 0 aliphatic rings. The molecule has 1 rings (SSSR count). The van der Waals surface area contributed by atoms with Crippen LogP contribution in [0.3, 0.4) is 0 Å². The van der Waals surface area contributed by atoms with Gasteiger partial charge in [0.05, 0.1) is 11.5 Å². The molecule has 1 atom stereocenters. The Labute approximate surface area is 117 Å². The third kappa shape index (κ3) is 4.42. The zero-order chi connectivity index (χ0) is 15.3. The maximum absolute atomic E-state index is 12.4. The van der Waals surface area contributed by atoms with Gasteiger partial charge in [-0.15, -0.1) is 0 Å². The number of aliphatic hydroxyl groups is 1. The van der Waals surface area contributed by atoms with Gasteiger partial charge in [0.2, 0.25) is 9.84 Å². The number of aliphatic hydroxyl groups excluding tert-OH is 1. The lowest BCUT2D eigenvalue weighted by Gasteiger charge is -2.19. The van der Waals surface area contributed by atoms with Gasteiger partial charge in [0.15, 0.2) is 0 Å². The van der Waals surface area contributed by atoms with Gasteiger partial charge in [-0.25, -0.2) is 8.42 Å². The molecule has 0 radical (unpaired) electrons. The highest BCUT2D eigenvalue weighted by atomic mass is 32.2. The minimum absolute atomic E-state index is 0.0603. The van der Waals surface area contributed by atoms with Crippen LogP contribution in [0, 0.1) is 5.92 Å². The first-order valence-electron chi connectivity index (χ1n) is 6.27. The Morgan fingerprint density at radius 1 is 1.20 bits per heavy atom. The maximum atomic E-state index is 12.4. The van der Waals surface area contributed by atoms with Crippen molar-refractivity contribution < 1.29 is 22.3 Å². The van der Waals surface area contributed by atoms with Crippen molar-refractivity contribution in [2.75, 3.05) is 11.9 Å². The lowest BCUT2D eigenvalue weighted by Crippen LogP contribution is -2.25. The number of hydrogen-bond acceptors (Lipinski definition) is 4. The smallest absolute Gasteiger partial charge is 0.341 e. The summed E-state index contributed by atoms with van der Waals surface area (Å²) in [6.45, 7) is 3.97. The van der Waals surface area contributed by atoms with Crippen LogP contribution in [0.2, 0.25) is 0 Å². The molecule has 2 N–H and O–H groups in total. The summed E-state index contributed by atoms with van der Waals surface area (Å²) in [5.41, 5.74) is 0.581. The molecule has 7 heteroatoms. The zero-order valence-electron chi connectivity index (χ0n) is 11.4. The van der Waals surface area contributed by atoms with Crippen LogP contribution >= 0.6 is 0 Å². The fourth-order valence-electron chi connectivity index (χ4n) is 1.83. The molecule has 1 aromatic rings. The summed E-state index contributed by atoms with van der Waals surface area (Å²) in [4.78, 5) is -0.414. The minimum atomic E-state index is -4.56. The molecular weight excluding hydrogens is 288 g/mol. The van der Waals surface area contributed by atoms with Crippen molar-refractivity contribution >= 4 is 15.5 Å². The topological polar surface area (TPSA) is 66.4 Å². The molecule has 0 bridgehead atoms. The van der Waals surface area contributed by atoms with E-state index < -0.39 is 20.5 Å². The monoisotopic (exact) mass is 307 g/mol. The lowest BCUT2D eigenvalue weighted by molar-refractivity contribution is 0.234. The maximum Gasteiger partial charge on any atom is 0.341 e. The molecule has 114 valence electrons. The van der Waals surface area contributed by atoms with Crippen molar-refractivity contribution in [2.24, 2.45) is 5.92 Å². The second-order valence-corrected chi connectivity index (χ2v) is 6.90. The quantitative estimate of drug-likeness (QED) is 0.812. The van der Waals surface area contributed by atoms with Gasteiger partial charge < -0.3 is 10.4 Å². The molecule has 0 heterocycles. The predicted molar refractivity (Wildman–Crippen MR) is 73.6 cm³/mol. The summed E-state index contributed by atoms with van der Waals surface area (Å²) in [6.07, 6.45) is 0.744. The fourth-order valence-corrected chi connectivity index (χ4v) is 2.55. The summed E-state index contributed by atoms with van der Waals surface area (Å²) in [5.74, 6) is -3.04. The molecular formula is C13H19F2NO3S. The molecule has 0 aliphatic carbocycles. The van der Waals surface area contributed by atoms with E-state index in [0.29, 0.717) is 11.6 Å². The van der Waals surface area contributed by atoms with E-state index in [0.717, 1.165) is 18.6 Å². The van der Waals surface area contributed by atoms with Crippen LogP contribution in [0.25, 0.3) is 0 Å². The summed E-state index contributed by atoms with van der Waals surface area (Å²) < 4.78 is 47.3. The van der Waals surface area contributed by atoms with Crippen LogP contribution in [0.1, 0.15) is 20.3 Å². The number of anilines is 1. The van der Waals surface area contributed by atoms with E-state index in [-0.39, 0.29) is 12.6 Å². The van der Waals surface area contributed by atoms with Crippen molar-refractivity contribution in [3.05, 3.63) is 24.3 Å². The molecule has 0 saturated heterocycles. The minimum Gasteiger partial charge on any atom is -0.394 e. The highest BCUT2D eigenvalue weighted by Crippen LogP contribution is 2.21. The van der Waals surface area contributed by atoms with Gasteiger partial charge in [0, 0.05) is 11.7 Å². The number of halogens is 2. The molecule has 4 nitrogen and oxygen atoms in total. The number of nitrogens with one attached hydrogen (secondary N) is 1. The third-order valence-electron chi connectivity index (χ3n) is 2.76. The Morgan fingerprint density at radius 3 is 2.15 bits per heavy atom. The van der Waals surface area contributed by atoms with Crippen LogP contribution < -0.4 is 5.32 Å². The van der Waals surface area contributed by atoms with Crippen molar-refractivity contribution in [3.8, 4) is 0 Å². The highest BCUT2D eigenvalue weighted by Gasteiger charge is 2.26. The van der Waals surface area contributed by atoms with Crippen molar-refractivity contribution in [3.63, 3.8) is 0 Å². The Hall–Kier alpha value is -1.21. The van der Waals surface area contributed by atoms with E-state index >= 15 is 0 Å². The van der Waals surface area contributed by atoms with Gasteiger partial charge in [0.1, 0.15) is 0 Å². The lowest BCUT2D eigenvalue weighted by atomic mass is 10.0. The van der Waals surface area contributed by atoms with E-state index in [1.54, 1.807) is 0 Å². The van der Waals surface area contributed by atoms with E-state index in [2.05, 4.69) is 5.32 Å². The molecule has 0 amide bonds. The molecule has 0 saturated carbocycles. The number of sulfone groups is 1. The first kappa shape index (κ1) is 16.8. The Kier molecular flexibility index (Phi) is 5.88. The number of hydrogen-bond donors (Lipinski definition) is 2. The number of benzene rings is 1. The standard InChI is InChI=1S/C13H19F2NO3S/c1-9(2)7-11(8-17)16-10-3-5-12(6-4-10)20(18,19)13(14)15/h3-6,9,11,13,16-17H,7-8H2,1-2H3. The molecule has 20 heavy (non-hydrogen) atoms. The van der Waals surface area contributed by atoms with E-state index in [4.69, 9.17) is 0 Å². The predicted octanol–water partition coefficient (Wildman–Crippen LogP) is 2.50. The molecule has 0 aliphatic heterocycles. The summed E-state index contributed by atoms with van der Waals surface area (Å²) in [5, 5.41) is 12.3. The van der Waals surface area contributed by atoms with Crippen LogP contribution in [0.4, 0.5) is 14.5 Å². The highest BCUT2D eigenvalue weighted by molar-refractivity contribution is 7.91. The van der Waals surface area contributed by atoms with Gasteiger partial charge >= 0.3 is 5.76 Å². The molecule has 0 fully saturated rings.